The Balaban J connectivity index is 1.66. The second-order valence-corrected chi connectivity index (χ2v) is 10.7. The zero-order chi connectivity index (χ0) is 27.2. The Morgan fingerprint density at radius 1 is 0.553 bits per heavy atom. The summed E-state index contributed by atoms with van der Waals surface area (Å²) in [6, 6.07) is 17.6. The van der Waals surface area contributed by atoms with Crippen molar-refractivity contribution in [2.24, 2.45) is 0 Å². The molecule has 0 saturated heterocycles. The Morgan fingerprint density at radius 3 is 1.16 bits per heavy atom. The van der Waals surface area contributed by atoms with Crippen molar-refractivity contribution in [2.45, 2.75) is 91.9 Å². The van der Waals surface area contributed by atoms with E-state index < -0.39 is 0 Å². The minimum absolute atomic E-state index is 0.207. The molecular weight excluding hydrogens is 464 g/mol. The molecule has 0 bridgehead atoms. The molecule has 0 unspecified atom stereocenters. The molecule has 1 aliphatic carbocycles. The van der Waals surface area contributed by atoms with Crippen molar-refractivity contribution >= 4 is 29.3 Å². The normalized spacial score (nSPS) is 15.5. The molecule has 1 aliphatic rings. The highest BCUT2D eigenvalue weighted by atomic mass is 16.1. The van der Waals surface area contributed by atoms with E-state index in [1.54, 1.807) is 0 Å². The van der Waals surface area contributed by atoms with Gasteiger partial charge in [-0.3, -0.25) is 4.79 Å². The molecule has 2 aromatic carbocycles. The molecule has 0 radical (unpaired) electrons. The van der Waals surface area contributed by atoms with Crippen molar-refractivity contribution in [1.82, 2.24) is 0 Å². The summed E-state index contributed by atoms with van der Waals surface area (Å²) in [6.07, 6.45) is 15.6. The monoisotopic (exact) mass is 514 g/mol. The molecule has 0 amide bonds. The topological polar surface area (TPSA) is 23.6 Å². The lowest BCUT2D eigenvalue weighted by Gasteiger charge is -2.24. The number of benzene rings is 2. The van der Waals surface area contributed by atoms with Gasteiger partial charge in [0, 0.05) is 48.7 Å². The van der Waals surface area contributed by atoms with Crippen molar-refractivity contribution in [3.8, 4) is 0 Å². The van der Waals surface area contributed by atoms with Crippen LogP contribution in [0.2, 0.25) is 0 Å². The maximum absolute atomic E-state index is 13.2. The second kappa shape index (κ2) is 16.2. The molecule has 0 aliphatic heterocycles. The molecule has 2 aromatic rings. The summed E-state index contributed by atoms with van der Waals surface area (Å²) in [6.45, 7) is 13.4. The average Bonchev–Trinajstić information content (AvgIpc) is 3.28. The molecule has 1 fully saturated rings. The molecule has 38 heavy (non-hydrogen) atoms. The lowest BCUT2D eigenvalue weighted by atomic mass is 10.1. The van der Waals surface area contributed by atoms with Gasteiger partial charge >= 0.3 is 0 Å². The van der Waals surface area contributed by atoms with Crippen LogP contribution in [0.25, 0.3) is 12.2 Å². The van der Waals surface area contributed by atoms with Gasteiger partial charge in [-0.15, -0.1) is 0 Å². The van der Waals surface area contributed by atoms with Crippen LogP contribution in [0.3, 0.4) is 0 Å². The lowest BCUT2D eigenvalue weighted by Crippen LogP contribution is -2.25. The summed E-state index contributed by atoms with van der Waals surface area (Å²) in [4.78, 5) is 18.2. The van der Waals surface area contributed by atoms with Crippen molar-refractivity contribution in [2.75, 3.05) is 36.0 Å². The number of anilines is 2. The van der Waals surface area contributed by atoms with Crippen LogP contribution in [-0.2, 0) is 4.79 Å². The van der Waals surface area contributed by atoms with Gasteiger partial charge in [0.25, 0.3) is 0 Å². The fourth-order valence-corrected chi connectivity index (χ4v) is 5.08. The van der Waals surface area contributed by atoms with Gasteiger partial charge in [-0.25, -0.2) is 0 Å². The highest BCUT2D eigenvalue weighted by molar-refractivity contribution is 6.15. The number of unbranched alkanes of at least 4 members (excludes halogenated alkanes) is 4. The van der Waals surface area contributed by atoms with Crippen LogP contribution in [0.1, 0.15) is 103 Å². The number of carbonyl (C=O) groups excluding carboxylic acids is 1. The smallest absolute Gasteiger partial charge is 0.185 e. The number of allylic oxidation sites excluding steroid dienone is 2. The third-order valence-electron chi connectivity index (χ3n) is 7.57. The average molecular weight is 515 g/mol. The molecule has 0 spiro atoms. The van der Waals surface area contributed by atoms with Crippen LogP contribution < -0.4 is 9.80 Å². The van der Waals surface area contributed by atoms with E-state index in [2.05, 4.69) is 98.2 Å². The first-order valence-corrected chi connectivity index (χ1v) is 15.2. The van der Waals surface area contributed by atoms with Gasteiger partial charge in [-0.05, 0) is 86.1 Å². The maximum Gasteiger partial charge on any atom is 0.185 e. The van der Waals surface area contributed by atoms with Crippen LogP contribution in [-0.4, -0.2) is 32.0 Å². The molecular formula is C35H50N2O. The number of hydrogen-bond donors (Lipinski definition) is 0. The standard InChI is InChI=1S/C35H50N2O/c1-5-9-23-36(24-10-6-2)33-19-13-29(14-20-33)27-31-17-18-32(35(31)38)28-30-15-21-34(22-16-30)37(25-11-7-3)26-12-8-4/h13-16,19-22,27-28H,5-12,17-18,23-26H2,1-4H3/b31-27-,32-28-. The predicted octanol–water partition coefficient (Wildman–Crippen LogP) is 9.33. The summed E-state index contributed by atoms with van der Waals surface area (Å²) in [5.41, 5.74) is 6.68. The number of rotatable bonds is 16. The predicted molar refractivity (Wildman–Crippen MR) is 167 cm³/mol. The van der Waals surface area contributed by atoms with Gasteiger partial charge in [0.05, 0.1) is 0 Å². The summed E-state index contributed by atoms with van der Waals surface area (Å²) >= 11 is 0. The van der Waals surface area contributed by atoms with Crippen LogP contribution >= 0.6 is 0 Å². The van der Waals surface area contributed by atoms with E-state index >= 15 is 0 Å². The Bertz CT molecular complexity index is 933. The summed E-state index contributed by atoms with van der Waals surface area (Å²) in [5, 5.41) is 0. The molecule has 3 nitrogen and oxygen atoms in total. The largest absolute Gasteiger partial charge is 0.372 e. The van der Waals surface area contributed by atoms with E-state index in [9.17, 15) is 4.79 Å². The maximum atomic E-state index is 13.2. The van der Waals surface area contributed by atoms with Crippen LogP contribution in [0.4, 0.5) is 11.4 Å². The number of carbonyl (C=O) groups is 1. The first kappa shape index (κ1) is 29.7. The van der Waals surface area contributed by atoms with Gasteiger partial charge in [0.1, 0.15) is 0 Å². The van der Waals surface area contributed by atoms with Crippen molar-refractivity contribution in [1.29, 1.82) is 0 Å². The molecule has 3 rings (SSSR count). The highest BCUT2D eigenvalue weighted by Crippen LogP contribution is 2.30. The Hall–Kier alpha value is -2.81. The van der Waals surface area contributed by atoms with E-state index in [-0.39, 0.29) is 5.78 Å². The van der Waals surface area contributed by atoms with Crippen LogP contribution in [0, 0.1) is 0 Å². The van der Waals surface area contributed by atoms with Crippen LogP contribution in [0.15, 0.2) is 59.7 Å². The molecule has 1 saturated carbocycles. The van der Waals surface area contributed by atoms with E-state index in [0.29, 0.717) is 0 Å². The zero-order valence-corrected chi connectivity index (χ0v) is 24.5. The minimum atomic E-state index is 0.207. The highest BCUT2D eigenvalue weighted by Gasteiger charge is 2.23. The lowest BCUT2D eigenvalue weighted by molar-refractivity contribution is -0.111. The second-order valence-electron chi connectivity index (χ2n) is 10.7. The number of nitrogens with zero attached hydrogens (tertiary/aromatic N) is 2. The third-order valence-corrected chi connectivity index (χ3v) is 7.57. The van der Waals surface area contributed by atoms with Crippen LogP contribution in [0.5, 0.6) is 0 Å². The minimum Gasteiger partial charge on any atom is -0.372 e. The molecule has 0 N–H and O–H groups in total. The van der Waals surface area contributed by atoms with Gasteiger partial charge in [0.2, 0.25) is 0 Å². The molecule has 206 valence electrons. The zero-order valence-electron chi connectivity index (χ0n) is 24.5. The summed E-state index contributed by atoms with van der Waals surface area (Å²) in [7, 11) is 0. The SMILES string of the molecule is CCCCN(CCCC)c1ccc(/C=C2/CC/C(=C/c3ccc(N(CCCC)CCCC)cc3)C2=O)cc1. The van der Waals surface area contributed by atoms with Crippen molar-refractivity contribution < 1.29 is 4.79 Å². The fraction of sp³-hybridized carbons (Fsp3) is 0.514. The molecule has 3 heteroatoms. The molecule has 0 atom stereocenters. The fourth-order valence-electron chi connectivity index (χ4n) is 5.08. The third kappa shape index (κ3) is 8.89. The summed E-state index contributed by atoms with van der Waals surface area (Å²) in [5.74, 6) is 0.207. The Kier molecular flexibility index (Phi) is 12.7. The first-order valence-electron chi connectivity index (χ1n) is 15.2. The van der Waals surface area contributed by atoms with Gasteiger partial charge in [-0.2, -0.15) is 0 Å². The van der Waals surface area contributed by atoms with Gasteiger partial charge in [0.15, 0.2) is 5.78 Å². The summed E-state index contributed by atoms with van der Waals surface area (Å²) < 4.78 is 0. The van der Waals surface area contributed by atoms with Gasteiger partial charge in [-0.1, -0.05) is 77.6 Å². The molecule has 0 heterocycles. The van der Waals surface area contributed by atoms with E-state index in [0.717, 1.165) is 61.3 Å². The number of hydrogen-bond acceptors (Lipinski definition) is 3. The Labute approximate surface area is 232 Å². The number of ketones is 1. The van der Waals surface area contributed by atoms with E-state index in [1.807, 2.05) is 0 Å². The quantitative estimate of drug-likeness (QED) is 0.208. The number of Topliss-reactive ketones (excluding diaryl/α,β-unsaturated/α-hetero) is 1. The van der Waals surface area contributed by atoms with Crippen molar-refractivity contribution in [3.05, 3.63) is 70.8 Å². The molecule has 0 aromatic heterocycles. The van der Waals surface area contributed by atoms with E-state index in [1.165, 1.54) is 62.7 Å². The van der Waals surface area contributed by atoms with Crippen molar-refractivity contribution in [3.63, 3.8) is 0 Å². The Morgan fingerprint density at radius 2 is 0.868 bits per heavy atom. The first-order chi connectivity index (χ1) is 18.6. The van der Waals surface area contributed by atoms with Gasteiger partial charge < -0.3 is 9.80 Å². The van der Waals surface area contributed by atoms with E-state index in [4.69, 9.17) is 0 Å².